The van der Waals surface area contributed by atoms with E-state index in [0.29, 0.717) is 0 Å². The number of para-hydroxylation sites is 1. The molecule has 0 saturated carbocycles. The van der Waals surface area contributed by atoms with Gasteiger partial charge < -0.3 is 9.36 Å². The topological polar surface area (TPSA) is 102 Å². The van der Waals surface area contributed by atoms with Gasteiger partial charge >= 0.3 is 45.2 Å². The van der Waals surface area contributed by atoms with E-state index < -0.39 is 0 Å². The van der Waals surface area contributed by atoms with Gasteiger partial charge in [-0.1, -0.05) is 29.9 Å². The largest absolute Gasteiger partial charge is 0 e. The summed E-state index contributed by atoms with van der Waals surface area (Å²) in [7, 11) is 0. The molecule has 0 saturated heterocycles. The van der Waals surface area contributed by atoms with Crippen LogP contribution in [0.25, 0.3) is 10.9 Å². The van der Waals surface area contributed by atoms with Gasteiger partial charge in [-0.15, -0.1) is 17.5 Å². The molecule has 0 N–H and O–H groups in total. The molecule has 1 heterocycles. The zero-order valence-electron chi connectivity index (χ0n) is 10.8. The third-order valence-electron chi connectivity index (χ3n) is 1.84. The average molecular weight is 325 g/mol. The minimum Gasteiger partial charge on any atom is 0 e. The number of aromatic nitrogens is 1. The van der Waals surface area contributed by atoms with Crippen LogP contribution in [0, 0.1) is 32.8 Å². The number of carbonyl (C=O) groups is 1. The van der Waals surface area contributed by atoms with E-state index >= 15 is 0 Å². The Morgan fingerprint density at radius 1 is 1.00 bits per heavy atom. The van der Waals surface area contributed by atoms with E-state index in [1.165, 1.54) is 11.5 Å². The average Bonchev–Trinajstić information content (AvgIpc) is 2.99. The maximum atomic E-state index is 11.1. The van der Waals surface area contributed by atoms with Crippen molar-refractivity contribution in [2.24, 2.45) is 0 Å². The Labute approximate surface area is 132 Å². The van der Waals surface area contributed by atoms with Crippen molar-refractivity contribution < 1.29 is 40.5 Å². The fraction of sp³-hybridized carbons (Fsp3) is 0.0714. The Hall–Kier alpha value is -2.09. The van der Waals surface area contributed by atoms with Gasteiger partial charge in [-0.25, -0.2) is 0 Å². The molecule has 0 bridgehead atoms. The van der Waals surface area contributed by atoms with Crippen LogP contribution in [0.4, 0.5) is 0 Å². The number of nitrogens with zero attached hydrogens (tertiary/aromatic N) is 1. The molecule has 21 heavy (non-hydrogen) atoms. The first kappa shape index (κ1) is 27.3. The van der Waals surface area contributed by atoms with Crippen molar-refractivity contribution in [1.29, 1.82) is 0 Å². The maximum absolute atomic E-state index is 11.1. The normalized spacial score (nSPS) is 6.33. The molecule has 2 aromatic rings. The molecule has 0 aliphatic heterocycles. The van der Waals surface area contributed by atoms with E-state index in [4.69, 9.17) is 18.6 Å². The van der Waals surface area contributed by atoms with Crippen molar-refractivity contribution >= 4 is 16.8 Å². The van der Waals surface area contributed by atoms with Crippen LogP contribution in [-0.4, -0.2) is 10.5 Å². The summed E-state index contributed by atoms with van der Waals surface area (Å²) in [6.07, 6.45) is 2.88. The van der Waals surface area contributed by atoms with Crippen LogP contribution in [0.2, 0.25) is 0 Å². The standard InChI is InChI=1S/C10H8NO.4CO.Mn/c1-8(12)11-7-6-9-4-2-3-5-10(9)11;4*1-2;/h2-6H,1H3;;;;;/q-1;;;;;. The number of hydrogen-bond donors (Lipinski definition) is 0. The van der Waals surface area contributed by atoms with E-state index in [9.17, 15) is 4.79 Å². The van der Waals surface area contributed by atoms with Crippen molar-refractivity contribution in [2.45, 2.75) is 6.92 Å². The summed E-state index contributed by atoms with van der Waals surface area (Å²) in [5.74, 6) is -0.00352. The molecule has 6 nitrogen and oxygen atoms in total. The van der Waals surface area contributed by atoms with Crippen LogP contribution < -0.4 is 0 Å². The van der Waals surface area contributed by atoms with Crippen LogP contribution in [0.15, 0.2) is 30.3 Å². The molecule has 1 aromatic carbocycles. The Kier molecular flexibility index (Phi) is 26.3. The molecule has 7 heteroatoms. The summed E-state index contributed by atoms with van der Waals surface area (Å²) < 4.78 is 31.5. The van der Waals surface area contributed by atoms with Gasteiger partial charge in [0.05, 0.1) is 0 Å². The Morgan fingerprint density at radius 3 is 1.86 bits per heavy atom. The first-order chi connectivity index (χ1) is 9.79. The quantitative estimate of drug-likeness (QED) is 0.412. The molecular weight excluding hydrogens is 317 g/mol. The van der Waals surface area contributed by atoms with Gasteiger partial charge in [0.15, 0.2) is 0 Å². The van der Waals surface area contributed by atoms with Crippen molar-refractivity contribution in [3.63, 3.8) is 0 Å². The van der Waals surface area contributed by atoms with Crippen LogP contribution in [0.5, 0.6) is 0 Å². The Balaban J connectivity index is -0.000000141. The van der Waals surface area contributed by atoms with Crippen molar-refractivity contribution in [1.82, 2.24) is 4.57 Å². The number of hydrogen-bond acceptors (Lipinski definition) is 1. The predicted octanol–water partition coefficient (Wildman–Crippen LogP) is 1.95. The summed E-state index contributed by atoms with van der Waals surface area (Å²) >= 11 is 0. The molecule has 0 fully saturated rings. The second kappa shape index (κ2) is 20.2. The van der Waals surface area contributed by atoms with E-state index in [-0.39, 0.29) is 23.0 Å². The van der Waals surface area contributed by atoms with E-state index in [0.717, 1.165) is 10.9 Å². The van der Waals surface area contributed by atoms with Gasteiger partial charge in [0.1, 0.15) is 5.91 Å². The summed E-state index contributed by atoms with van der Waals surface area (Å²) in [6, 6.07) is 9.55. The second-order valence-electron chi connectivity index (χ2n) is 2.69. The molecule has 2 rings (SSSR count). The molecule has 0 aliphatic rings. The van der Waals surface area contributed by atoms with Crippen LogP contribution in [-0.2, 0) is 35.7 Å². The first-order valence-electron chi connectivity index (χ1n) is 4.60. The molecule has 1 radical (unpaired) electrons. The van der Waals surface area contributed by atoms with Crippen LogP contribution in [0.1, 0.15) is 11.7 Å². The molecule has 0 amide bonds. The fourth-order valence-electron chi connectivity index (χ4n) is 1.28. The van der Waals surface area contributed by atoms with Gasteiger partial charge in [0.25, 0.3) is 0 Å². The predicted molar refractivity (Wildman–Crippen MR) is 62.8 cm³/mol. The third kappa shape index (κ3) is 9.44. The van der Waals surface area contributed by atoms with Gasteiger partial charge in [-0.3, -0.25) is 0 Å². The number of fused-ring (bicyclic) bond motifs is 1. The third-order valence-corrected chi connectivity index (χ3v) is 1.84. The first-order valence-corrected chi connectivity index (χ1v) is 4.60. The summed E-state index contributed by atoms with van der Waals surface area (Å²) in [4.78, 5) is 11.1. The summed E-state index contributed by atoms with van der Waals surface area (Å²) in [5, 5.41) is 1.05. The van der Waals surface area contributed by atoms with Crippen molar-refractivity contribution in [3.8, 4) is 0 Å². The van der Waals surface area contributed by atoms with Gasteiger partial charge in [-0.05, 0) is 6.92 Å². The Morgan fingerprint density at radius 2 is 1.43 bits per heavy atom. The molecule has 0 unspecified atom stereocenters. The molecule has 0 atom stereocenters. The van der Waals surface area contributed by atoms with E-state index in [2.05, 4.69) is 32.8 Å². The molecule has 107 valence electrons. The summed E-state index contributed by atoms with van der Waals surface area (Å²) in [5.41, 5.74) is 0.921. The van der Waals surface area contributed by atoms with Gasteiger partial charge in [0, 0.05) is 17.1 Å². The van der Waals surface area contributed by atoms with Crippen molar-refractivity contribution in [3.05, 3.63) is 63.1 Å². The number of benzene rings is 1. The second-order valence-corrected chi connectivity index (χ2v) is 2.69. The van der Waals surface area contributed by atoms with E-state index in [1.54, 1.807) is 0 Å². The zero-order chi connectivity index (χ0) is 16.6. The monoisotopic (exact) mass is 325 g/mol. The zero-order valence-corrected chi connectivity index (χ0v) is 11.9. The van der Waals surface area contributed by atoms with Gasteiger partial charge in [0.2, 0.25) is 0 Å². The Bertz CT molecular complexity index is 571. The SMILES string of the molecule is CC(=O)n1[c-]cc2ccccc21.[C-]#[O+].[C-]#[O+].[C-]#[O+].[C-]#[O+].[Mn]. The van der Waals surface area contributed by atoms with Crippen LogP contribution in [0.3, 0.4) is 0 Å². The van der Waals surface area contributed by atoms with E-state index in [1.807, 2.05) is 30.3 Å². The smallest absolute Gasteiger partial charge is 0 e. The van der Waals surface area contributed by atoms with Crippen molar-refractivity contribution in [2.75, 3.05) is 0 Å². The fourth-order valence-corrected chi connectivity index (χ4v) is 1.28. The summed E-state index contributed by atoms with van der Waals surface area (Å²) in [6.45, 7) is 19.5. The molecule has 1 aromatic heterocycles. The number of carbonyl (C=O) groups excluding carboxylic acids is 1. The minimum absolute atomic E-state index is 0. The molecule has 0 aliphatic carbocycles. The maximum Gasteiger partial charge on any atom is 0 e. The van der Waals surface area contributed by atoms with Crippen LogP contribution >= 0.6 is 0 Å². The number of rotatable bonds is 0. The minimum atomic E-state index is -0.00352. The molecule has 0 spiro atoms. The van der Waals surface area contributed by atoms with Gasteiger partial charge in [-0.2, -0.15) is 0 Å². The molecular formula is C14H8MnNO5-.